The average molecular weight is 464 g/mol. The second kappa shape index (κ2) is 9.25. The summed E-state index contributed by atoms with van der Waals surface area (Å²) < 4.78 is 5.56. The third-order valence-electron chi connectivity index (χ3n) is 5.24. The number of aliphatic imine (C=N–C) groups is 1. The van der Waals surface area contributed by atoms with Gasteiger partial charge in [-0.25, -0.2) is 0 Å². The summed E-state index contributed by atoms with van der Waals surface area (Å²) in [6, 6.07) is 8.12. The molecule has 1 aromatic rings. The molecule has 3 N–H and O–H groups in total. The Kier molecular flexibility index (Phi) is 7.62. The van der Waals surface area contributed by atoms with Crippen molar-refractivity contribution in [3.63, 3.8) is 0 Å². The summed E-state index contributed by atoms with van der Waals surface area (Å²) in [5.41, 5.74) is 7.28. The second-order valence-corrected chi connectivity index (χ2v) is 7.22. The fourth-order valence-electron chi connectivity index (χ4n) is 3.36. The largest absolute Gasteiger partial charge is 0.381 e. The van der Waals surface area contributed by atoms with Crippen LogP contribution in [-0.4, -0.2) is 32.3 Å². The Bertz CT molecular complexity index is 557. The van der Waals surface area contributed by atoms with Crippen LogP contribution < -0.4 is 11.1 Å². The van der Waals surface area contributed by atoms with E-state index in [1.807, 2.05) is 12.1 Å². The van der Waals surface area contributed by atoms with E-state index in [1.54, 1.807) is 0 Å². The number of nitrogens with zero attached hydrogens (tertiary/aromatic N) is 1. The molecular formula is C18H27ClIN3O. The molecular weight excluding hydrogens is 437 g/mol. The van der Waals surface area contributed by atoms with Crippen molar-refractivity contribution in [2.75, 3.05) is 26.3 Å². The van der Waals surface area contributed by atoms with Crippen LogP contribution in [0.15, 0.2) is 29.3 Å². The minimum Gasteiger partial charge on any atom is -0.381 e. The molecule has 1 heterocycles. The topological polar surface area (TPSA) is 59.6 Å². The van der Waals surface area contributed by atoms with Crippen LogP contribution in [0.5, 0.6) is 0 Å². The SMILES string of the molecule is I.NC(=NCC1(c2cccc(Cl)c2)CCOCC1)NCC1CCC1. The molecule has 0 atom stereocenters. The zero-order valence-corrected chi connectivity index (χ0v) is 17.1. The summed E-state index contributed by atoms with van der Waals surface area (Å²) >= 11 is 6.19. The highest BCUT2D eigenvalue weighted by atomic mass is 127. The monoisotopic (exact) mass is 463 g/mol. The minimum absolute atomic E-state index is 0. The van der Waals surface area contributed by atoms with Crippen molar-refractivity contribution in [1.82, 2.24) is 5.32 Å². The Labute approximate surface area is 166 Å². The van der Waals surface area contributed by atoms with Crippen LogP contribution in [0.2, 0.25) is 5.02 Å². The lowest BCUT2D eigenvalue weighted by Crippen LogP contribution is -2.40. The van der Waals surface area contributed by atoms with E-state index < -0.39 is 0 Å². The van der Waals surface area contributed by atoms with Crippen LogP contribution in [0.3, 0.4) is 0 Å². The molecule has 1 aliphatic heterocycles. The van der Waals surface area contributed by atoms with Crippen molar-refractivity contribution < 1.29 is 4.74 Å². The summed E-state index contributed by atoms with van der Waals surface area (Å²) in [6.07, 6.45) is 5.87. The van der Waals surface area contributed by atoms with E-state index >= 15 is 0 Å². The van der Waals surface area contributed by atoms with Gasteiger partial charge in [0.2, 0.25) is 0 Å². The van der Waals surface area contributed by atoms with Gasteiger partial charge in [0.05, 0.1) is 6.54 Å². The van der Waals surface area contributed by atoms with E-state index in [1.165, 1.54) is 24.8 Å². The van der Waals surface area contributed by atoms with Crippen LogP contribution in [-0.2, 0) is 10.2 Å². The van der Waals surface area contributed by atoms with Crippen LogP contribution in [0.25, 0.3) is 0 Å². The fraction of sp³-hybridized carbons (Fsp3) is 0.611. The molecule has 134 valence electrons. The van der Waals surface area contributed by atoms with E-state index in [4.69, 9.17) is 22.1 Å². The Morgan fingerprint density at radius 2 is 2.08 bits per heavy atom. The highest BCUT2D eigenvalue weighted by Crippen LogP contribution is 2.36. The molecule has 1 saturated carbocycles. The van der Waals surface area contributed by atoms with Gasteiger partial charge in [0.15, 0.2) is 5.96 Å². The summed E-state index contributed by atoms with van der Waals surface area (Å²) in [5.74, 6) is 1.33. The third-order valence-corrected chi connectivity index (χ3v) is 5.47. The average Bonchev–Trinajstić information content (AvgIpc) is 2.52. The summed E-state index contributed by atoms with van der Waals surface area (Å²) in [6.45, 7) is 3.15. The maximum Gasteiger partial charge on any atom is 0.188 e. The summed E-state index contributed by atoms with van der Waals surface area (Å²) in [4.78, 5) is 4.64. The highest BCUT2D eigenvalue weighted by molar-refractivity contribution is 14.0. The first-order valence-corrected chi connectivity index (χ1v) is 8.93. The number of rotatable bonds is 5. The molecule has 1 aliphatic carbocycles. The minimum atomic E-state index is -0.0219. The predicted molar refractivity (Wildman–Crippen MR) is 110 cm³/mol. The Morgan fingerprint density at radius 3 is 2.71 bits per heavy atom. The summed E-state index contributed by atoms with van der Waals surface area (Å²) in [7, 11) is 0. The number of hydrogen-bond donors (Lipinski definition) is 2. The van der Waals surface area contributed by atoms with E-state index in [2.05, 4.69) is 22.4 Å². The molecule has 6 heteroatoms. The standard InChI is InChI=1S/C18H26ClN3O.HI/c19-16-6-2-5-15(11-16)18(7-9-23-10-8-18)13-22-17(20)21-12-14-3-1-4-14;/h2,5-6,11,14H,1,3-4,7-10,12-13H2,(H3,20,21,22);1H. The van der Waals surface area contributed by atoms with E-state index in [-0.39, 0.29) is 29.4 Å². The Morgan fingerprint density at radius 1 is 1.33 bits per heavy atom. The third kappa shape index (κ3) is 4.99. The molecule has 0 bridgehead atoms. The van der Waals surface area contributed by atoms with Gasteiger partial charge in [-0.05, 0) is 49.3 Å². The van der Waals surface area contributed by atoms with Gasteiger partial charge in [-0.2, -0.15) is 0 Å². The molecule has 1 saturated heterocycles. The van der Waals surface area contributed by atoms with Crippen molar-refractivity contribution >= 4 is 41.5 Å². The first-order chi connectivity index (χ1) is 11.2. The molecule has 1 aromatic carbocycles. The lowest BCUT2D eigenvalue weighted by atomic mass is 9.74. The van der Waals surface area contributed by atoms with Gasteiger partial charge in [0.25, 0.3) is 0 Å². The first-order valence-electron chi connectivity index (χ1n) is 8.56. The van der Waals surface area contributed by atoms with Crippen molar-refractivity contribution in [3.05, 3.63) is 34.9 Å². The van der Waals surface area contributed by atoms with Gasteiger partial charge in [0, 0.05) is 30.2 Å². The molecule has 0 amide bonds. The first kappa shape index (κ1) is 19.8. The predicted octanol–water partition coefficient (Wildman–Crippen LogP) is 3.71. The smallest absolute Gasteiger partial charge is 0.188 e. The normalized spacial score (nSPS) is 20.8. The number of nitrogens with two attached hydrogens (primary N) is 1. The van der Waals surface area contributed by atoms with Gasteiger partial charge < -0.3 is 15.8 Å². The van der Waals surface area contributed by atoms with Crippen LogP contribution in [0.4, 0.5) is 0 Å². The number of benzene rings is 1. The molecule has 2 fully saturated rings. The lowest BCUT2D eigenvalue weighted by molar-refractivity contribution is 0.0531. The fourth-order valence-corrected chi connectivity index (χ4v) is 3.55. The van der Waals surface area contributed by atoms with Gasteiger partial charge in [-0.15, -0.1) is 24.0 Å². The van der Waals surface area contributed by atoms with E-state index in [0.29, 0.717) is 12.5 Å². The van der Waals surface area contributed by atoms with Gasteiger partial charge in [-0.1, -0.05) is 30.2 Å². The zero-order valence-electron chi connectivity index (χ0n) is 14.0. The lowest BCUT2D eigenvalue weighted by Gasteiger charge is -2.36. The van der Waals surface area contributed by atoms with Gasteiger partial charge in [0.1, 0.15) is 0 Å². The van der Waals surface area contributed by atoms with Crippen molar-refractivity contribution in [2.24, 2.45) is 16.6 Å². The number of ether oxygens (including phenoxy) is 1. The molecule has 3 rings (SSSR count). The second-order valence-electron chi connectivity index (χ2n) is 6.78. The van der Waals surface area contributed by atoms with Crippen molar-refractivity contribution in [3.8, 4) is 0 Å². The quantitative estimate of drug-likeness (QED) is 0.398. The van der Waals surface area contributed by atoms with Crippen LogP contribution >= 0.6 is 35.6 Å². The molecule has 2 aliphatic rings. The van der Waals surface area contributed by atoms with E-state index in [9.17, 15) is 0 Å². The molecule has 4 nitrogen and oxygen atoms in total. The maximum atomic E-state index is 6.19. The number of nitrogens with one attached hydrogen (secondary N) is 1. The van der Waals surface area contributed by atoms with E-state index in [0.717, 1.165) is 43.5 Å². The van der Waals surface area contributed by atoms with Crippen molar-refractivity contribution in [2.45, 2.75) is 37.5 Å². The molecule has 0 radical (unpaired) electrons. The zero-order chi connectivity index (χ0) is 16.1. The Balaban J connectivity index is 0.00000208. The maximum absolute atomic E-state index is 6.19. The van der Waals surface area contributed by atoms with Gasteiger partial charge in [-0.3, -0.25) is 4.99 Å². The highest BCUT2D eigenvalue weighted by Gasteiger charge is 2.34. The van der Waals surface area contributed by atoms with Crippen molar-refractivity contribution in [1.29, 1.82) is 0 Å². The molecule has 0 unspecified atom stereocenters. The van der Waals surface area contributed by atoms with Gasteiger partial charge >= 0.3 is 0 Å². The van der Waals surface area contributed by atoms with Crippen LogP contribution in [0, 0.1) is 5.92 Å². The molecule has 24 heavy (non-hydrogen) atoms. The number of halogens is 2. The van der Waals surface area contributed by atoms with Crippen LogP contribution in [0.1, 0.15) is 37.7 Å². The molecule has 0 aromatic heterocycles. The number of hydrogen-bond acceptors (Lipinski definition) is 2. The Hall–Kier alpha value is -0.530. The summed E-state index contributed by atoms with van der Waals surface area (Å²) in [5, 5.41) is 4.05. The molecule has 0 spiro atoms. The number of guanidine groups is 1.